The summed E-state index contributed by atoms with van der Waals surface area (Å²) in [7, 11) is 0. The first-order valence-corrected chi connectivity index (χ1v) is 14.5. The van der Waals surface area contributed by atoms with Crippen LogP contribution in [0.15, 0.2) is 0 Å². The molecule has 0 amide bonds. The molecule has 0 spiro atoms. The van der Waals surface area contributed by atoms with Gasteiger partial charge in [-0.2, -0.15) is 0 Å². The highest BCUT2D eigenvalue weighted by atomic mass is 16.6. The summed E-state index contributed by atoms with van der Waals surface area (Å²) < 4.78 is 11.4. The van der Waals surface area contributed by atoms with Gasteiger partial charge in [0.05, 0.1) is 10.8 Å². The van der Waals surface area contributed by atoms with E-state index in [1.165, 1.54) is 25.7 Å². The summed E-state index contributed by atoms with van der Waals surface area (Å²) in [5, 5.41) is 0. The molecule has 0 aromatic rings. The van der Waals surface area contributed by atoms with Gasteiger partial charge in [0, 0.05) is 5.92 Å². The van der Waals surface area contributed by atoms with Crippen LogP contribution in [0.1, 0.15) is 128 Å². The van der Waals surface area contributed by atoms with Gasteiger partial charge in [-0.25, -0.2) is 0 Å². The lowest BCUT2D eigenvalue weighted by Crippen LogP contribution is -2.47. The summed E-state index contributed by atoms with van der Waals surface area (Å²) in [4.78, 5) is 24.1. The number of carbonyl (C=O) groups is 2. The summed E-state index contributed by atoms with van der Waals surface area (Å²) in [6.07, 6.45) is 8.53. The van der Waals surface area contributed by atoms with Gasteiger partial charge in [0.15, 0.2) is 0 Å². The Balaban J connectivity index is 0.000000267. The first-order valence-electron chi connectivity index (χ1n) is 14.5. The summed E-state index contributed by atoms with van der Waals surface area (Å²) >= 11 is 0. The quantitative estimate of drug-likeness (QED) is 0.286. The van der Waals surface area contributed by atoms with Gasteiger partial charge in [0.25, 0.3) is 0 Å². The largest absolute Gasteiger partial charge is 0.460 e. The van der Waals surface area contributed by atoms with Crippen molar-refractivity contribution in [2.24, 2.45) is 46.3 Å². The van der Waals surface area contributed by atoms with Crippen molar-refractivity contribution in [3.05, 3.63) is 0 Å². The summed E-state index contributed by atoms with van der Waals surface area (Å²) in [6, 6.07) is 0. The Bertz CT molecular complexity index is 746. The molecule has 0 aliphatic heterocycles. The molecule has 4 rings (SSSR count). The standard InChI is InChI=1S/C19H30O2.C10H20O2.C2H6/c1-5-18(2,3)17(20)21-19(4)10-13-9-14(19)16-12-7-6-11(8-12)15(13)16;1-7-10(5,6)8(11)12-9(2,3)4;1-2/h11-16H,5-10H2,1-4H3;7H2,1-6H3;1-2H3. The van der Waals surface area contributed by atoms with Gasteiger partial charge < -0.3 is 9.47 Å². The third kappa shape index (κ3) is 6.27. The van der Waals surface area contributed by atoms with Gasteiger partial charge in [0.2, 0.25) is 0 Å². The van der Waals surface area contributed by atoms with Gasteiger partial charge in [0.1, 0.15) is 11.2 Å². The van der Waals surface area contributed by atoms with Crippen molar-refractivity contribution in [3.8, 4) is 0 Å². The fraction of sp³-hybridized carbons (Fsp3) is 0.935. The lowest BCUT2D eigenvalue weighted by Gasteiger charge is -2.45. The van der Waals surface area contributed by atoms with Gasteiger partial charge in [-0.3, -0.25) is 9.59 Å². The highest BCUT2D eigenvalue weighted by Gasteiger charge is 2.67. The lowest BCUT2D eigenvalue weighted by molar-refractivity contribution is -0.179. The fourth-order valence-electron chi connectivity index (χ4n) is 7.04. The minimum absolute atomic E-state index is 0.0276. The van der Waals surface area contributed by atoms with E-state index in [0.717, 1.165) is 48.9 Å². The van der Waals surface area contributed by atoms with Crippen molar-refractivity contribution in [2.45, 2.75) is 139 Å². The average Bonchev–Trinajstić information content (AvgIpc) is 3.53. The van der Waals surface area contributed by atoms with Crippen molar-refractivity contribution in [1.29, 1.82) is 0 Å². The normalized spacial score (nSPS) is 34.9. The molecule has 35 heavy (non-hydrogen) atoms. The summed E-state index contributed by atoms with van der Waals surface area (Å²) in [6.45, 7) is 23.8. The average molecular weight is 493 g/mol. The van der Waals surface area contributed by atoms with Crippen molar-refractivity contribution >= 4 is 11.9 Å². The Kier molecular flexibility index (Phi) is 9.26. The molecule has 0 saturated heterocycles. The predicted molar refractivity (Wildman–Crippen MR) is 144 cm³/mol. The topological polar surface area (TPSA) is 52.6 Å². The van der Waals surface area contributed by atoms with Gasteiger partial charge >= 0.3 is 11.9 Å². The minimum Gasteiger partial charge on any atom is -0.460 e. The number of hydrogen-bond acceptors (Lipinski definition) is 4. The second kappa shape index (κ2) is 10.7. The van der Waals surface area contributed by atoms with Crippen molar-refractivity contribution in [1.82, 2.24) is 0 Å². The molecular formula is C31H56O4. The van der Waals surface area contributed by atoms with E-state index in [2.05, 4.69) is 13.8 Å². The van der Waals surface area contributed by atoms with E-state index in [1.54, 1.807) is 0 Å². The zero-order valence-corrected chi connectivity index (χ0v) is 25.0. The molecule has 7 atom stereocenters. The van der Waals surface area contributed by atoms with E-state index >= 15 is 0 Å². The van der Waals surface area contributed by atoms with Crippen LogP contribution in [0.4, 0.5) is 0 Å². The lowest BCUT2D eigenvalue weighted by atomic mass is 9.66. The Morgan fingerprint density at radius 3 is 1.74 bits per heavy atom. The first-order chi connectivity index (χ1) is 16.0. The first kappa shape index (κ1) is 30.2. The van der Waals surface area contributed by atoms with Crippen molar-refractivity contribution in [2.75, 3.05) is 0 Å². The molecular weight excluding hydrogens is 436 g/mol. The fourth-order valence-corrected chi connectivity index (χ4v) is 7.04. The smallest absolute Gasteiger partial charge is 0.312 e. The number of fused-ring (bicyclic) bond motifs is 9. The molecule has 4 heteroatoms. The van der Waals surface area contributed by atoms with E-state index in [4.69, 9.17) is 9.47 Å². The van der Waals surface area contributed by atoms with Crippen molar-refractivity contribution in [3.63, 3.8) is 0 Å². The summed E-state index contributed by atoms with van der Waals surface area (Å²) in [5.41, 5.74) is -1.23. The van der Waals surface area contributed by atoms with E-state index < -0.39 is 0 Å². The minimum atomic E-state index is -0.372. The second-order valence-electron chi connectivity index (χ2n) is 14.0. The molecule has 0 N–H and O–H groups in total. The van der Waals surface area contributed by atoms with Crippen LogP contribution < -0.4 is 0 Å². The molecule has 0 aromatic heterocycles. The van der Waals surface area contributed by atoms with E-state index in [1.807, 2.05) is 69.2 Å². The third-order valence-electron chi connectivity index (χ3n) is 9.66. The Hall–Kier alpha value is -1.06. The van der Waals surface area contributed by atoms with Crippen molar-refractivity contribution < 1.29 is 19.1 Å². The zero-order chi connectivity index (χ0) is 27.0. The number of rotatable bonds is 5. The van der Waals surface area contributed by atoms with Gasteiger partial charge in [-0.05, 0) is 130 Å². The van der Waals surface area contributed by atoms with Crippen LogP contribution in [-0.4, -0.2) is 23.1 Å². The molecule has 4 aliphatic rings. The number of hydrogen-bond donors (Lipinski definition) is 0. The van der Waals surface area contributed by atoms with Crippen LogP contribution in [0.3, 0.4) is 0 Å². The molecule has 0 aromatic carbocycles. The molecule has 4 fully saturated rings. The van der Waals surface area contributed by atoms with Crippen LogP contribution in [0, 0.1) is 46.3 Å². The zero-order valence-electron chi connectivity index (χ0n) is 25.0. The third-order valence-corrected chi connectivity index (χ3v) is 9.66. The monoisotopic (exact) mass is 492 g/mol. The van der Waals surface area contributed by atoms with Gasteiger partial charge in [-0.15, -0.1) is 0 Å². The molecule has 4 saturated carbocycles. The molecule has 4 aliphatic carbocycles. The SMILES string of the molecule is CC.CCC(C)(C)C(=O)OC(C)(C)C.CCC(C)(C)C(=O)OC1(C)CC2CC1C1C3CCC(C3)C21. The van der Waals surface area contributed by atoms with Crippen LogP contribution in [-0.2, 0) is 19.1 Å². The van der Waals surface area contributed by atoms with Crippen LogP contribution in [0.25, 0.3) is 0 Å². The Morgan fingerprint density at radius 1 is 0.771 bits per heavy atom. The molecule has 204 valence electrons. The highest BCUT2D eigenvalue weighted by molar-refractivity contribution is 5.76. The molecule has 7 unspecified atom stereocenters. The van der Waals surface area contributed by atoms with Crippen LogP contribution in [0.2, 0.25) is 0 Å². The van der Waals surface area contributed by atoms with E-state index in [0.29, 0.717) is 5.92 Å². The van der Waals surface area contributed by atoms with E-state index in [9.17, 15) is 9.59 Å². The maximum Gasteiger partial charge on any atom is 0.312 e. The highest BCUT2D eigenvalue weighted by Crippen LogP contribution is 2.70. The van der Waals surface area contributed by atoms with Crippen LogP contribution in [0.5, 0.6) is 0 Å². The number of esters is 2. The number of ether oxygens (including phenoxy) is 2. The maximum absolute atomic E-state index is 12.6. The molecule has 4 nitrogen and oxygen atoms in total. The number of carbonyl (C=O) groups excluding carboxylic acids is 2. The molecule has 0 heterocycles. The van der Waals surface area contributed by atoms with Gasteiger partial charge in [-0.1, -0.05) is 27.7 Å². The van der Waals surface area contributed by atoms with Crippen LogP contribution >= 0.6 is 0 Å². The predicted octanol–water partition coefficient (Wildman–Crippen LogP) is 8.22. The second-order valence-corrected chi connectivity index (χ2v) is 14.0. The maximum atomic E-state index is 12.6. The summed E-state index contributed by atoms with van der Waals surface area (Å²) in [5.74, 6) is 5.24. The Labute approximate surface area is 216 Å². The Morgan fingerprint density at radius 2 is 1.26 bits per heavy atom. The molecule has 4 bridgehead atoms. The van der Waals surface area contributed by atoms with E-state index in [-0.39, 0.29) is 34.0 Å². The molecule has 0 radical (unpaired) electrons.